The number of amides is 1. The third kappa shape index (κ3) is 5.96. The molecule has 7 heteroatoms. The maximum Gasteiger partial charge on any atom is 0.251 e. The molecule has 1 aliphatic carbocycles. The number of carbonyl (C=O) groups excluding carboxylic acids is 1. The van der Waals surface area contributed by atoms with Crippen molar-refractivity contribution in [3.8, 4) is 12.3 Å². The van der Waals surface area contributed by atoms with Crippen molar-refractivity contribution >= 4 is 28.8 Å². The number of carbonyl (C=O) groups is 1. The number of terminal acetylenes is 1. The van der Waals surface area contributed by atoms with E-state index in [2.05, 4.69) is 42.1 Å². The number of nitrogens with zero attached hydrogens (tertiary/aromatic N) is 2. The van der Waals surface area contributed by atoms with E-state index in [-0.39, 0.29) is 18.5 Å². The molecular weight excluding hydrogens is 454 g/mol. The van der Waals surface area contributed by atoms with Gasteiger partial charge in [0, 0.05) is 34.4 Å². The number of aryl methyl sites for hydroxylation is 2. The Morgan fingerprint density at radius 1 is 1.27 bits per heavy atom. The van der Waals surface area contributed by atoms with Gasteiger partial charge in [-0.1, -0.05) is 29.7 Å². The molecule has 1 amide bonds. The van der Waals surface area contributed by atoms with Crippen molar-refractivity contribution in [2.45, 2.75) is 70.1 Å². The van der Waals surface area contributed by atoms with Crippen molar-refractivity contribution < 1.29 is 9.53 Å². The predicted molar refractivity (Wildman–Crippen MR) is 134 cm³/mol. The van der Waals surface area contributed by atoms with E-state index in [1.807, 2.05) is 23.5 Å². The van der Waals surface area contributed by atoms with Crippen LogP contribution in [-0.2, 0) is 16.0 Å². The third-order valence-electron chi connectivity index (χ3n) is 6.94. The van der Waals surface area contributed by atoms with Gasteiger partial charge in [-0.15, -0.1) is 17.8 Å². The van der Waals surface area contributed by atoms with E-state index in [1.54, 1.807) is 0 Å². The molecule has 1 N–H and O–H groups in total. The molecule has 2 fully saturated rings. The molecule has 0 bridgehead atoms. The number of hydrogen-bond donors (Lipinski definition) is 1. The van der Waals surface area contributed by atoms with Crippen LogP contribution in [0.1, 0.15) is 52.7 Å². The minimum absolute atomic E-state index is 0.120. The zero-order chi connectivity index (χ0) is 23.4. The van der Waals surface area contributed by atoms with Crippen molar-refractivity contribution in [3.05, 3.63) is 50.4 Å². The Hall–Kier alpha value is -1.91. The first kappa shape index (κ1) is 24.2. The van der Waals surface area contributed by atoms with Gasteiger partial charge in [0.05, 0.1) is 23.9 Å². The molecule has 5 nitrogen and oxygen atoms in total. The number of benzene rings is 1. The van der Waals surface area contributed by atoms with Crippen LogP contribution in [0, 0.1) is 26.2 Å². The van der Waals surface area contributed by atoms with Gasteiger partial charge in [0.2, 0.25) is 0 Å². The molecule has 2 heterocycles. The van der Waals surface area contributed by atoms with Crippen molar-refractivity contribution in [1.29, 1.82) is 0 Å². The fourth-order valence-corrected chi connectivity index (χ4v) is 6.19. The van der Waals surface area contributed by atoms with Gasteiger partial charge in [-0.3, -0.25) is 9.69 Å². The van der Waals surface area contributed by atoms with Crippen molar-refractivity contribution in [2.24, 2.45) is 0 Å². The Morgan fingerprint density at radius 3 is 2.64 bits per heavy atom. The minimum Gasteiger partial charge on any atom is -0.365 e. The molecule has 1 saturated carbocycles. The quantitative estimate of drug-likeness (QED) is 0.612. The summed E-state index contributed by atoms with van der Waals surface area (Å²) in [7, 11) is 0. The Labute approximate surface area is 205 Å². The second-order valence-corrected chi connectivity index (χ2v) is 10.8. The van der Waals surface area contributed by atoms with E-state index in [0.29, 0.717) is 25.1 Å². The molecule has 2 aliphatic rings. The lowest BCUT2D eigenvalue weighted by Gasteiger charge is -2.45. The molecule has 4 rings (SSSR count). The smallest absolute Gasteiger partial charge is 0.251 e. The van der Waals surface area contributed by atoms with Crippen LogP contribution in [0.15, 0.2) is 24.3 Å². The lowest BCUT2D eigenvalue weighted by atomic mass is 9.84. The van der Waals surface area contributed by atoms with Crippen molar-refractivity contribution in [3.63, 3.8) is 0 Å². The zero-order valence-corrected chi connectivity index (χ0v) is 20.9. The molecule has 1 saturated heterocycles. The molecule has 0 radical (unpaired) electrons. The molecule has 2 aromatic rings. The van der Waals surface area contributed by atoms with Crippen LogP contribution in [0.4, 0.5) is 0 Å². The monoisotopic (exact) mass is 485 g/mol. The summed E-state index contributed by atoms with van der Waals surface area (Å²) in [6.45, 7) is 5.61. The third-order valence-corrected chi connectivity index (χ3v) is 8.42. The largest absolute Gasteiger partial charge is 0.365 e. The molecule has 1 aliphatic heterocycles. The Morgan fingerprint density at radius 2 is 2.00 bits per heavy atom. The summed E-state index contributed by atoms with van der Waals surface area (Å²) in [5.74, 6) is 2.89. The number of ether oxygens (including phenoxy) is 1. The summed E-state index contributed by atoms with van der Waals surface area (Å²) in [6, 6.07) is 8.70. The predicted octanol–water partition coefficient (Wildman–Crippen LogP) is 4.50. The minimum atomic E-state index is -0.484. The van der Waals surface area contributed by atoms with Gasteiger partial charge >= 0.3 is 0 Å². The molecule has 1 aromatic carbocycles. The summed E-state index contributed by atoms with van der Waals surface area (Å²) >= 11 is 7.93. The summed E-state index contributed by atoms with van der Waals surface area (Å²) in [6.07, 6.45) is 10.2. The van der Waals surface area contributed by atoms with Crippen LogP contribution in [0.3, 0.4) is 0 Å². The van der Waals surface area contributed by atoms with Crippen LogP contribution in [0.5, 0.6) is 0 Å². The second kappa shape index (κ2) is 11.0. The van der Waals surface area contributed by atoms with Gasteiger partial charge in [0.15, 0.2) is 0 Å². The lowest BCUT2D eigenvalue weighted by Crippen LogP contribution is -2.58. The van der Waals surface area contributed by atoms with Crippen LogP contribution in [-0.4, -0.2) is 53.7 Å². The van der Waals surface area contributed by atoms with Gasteiger partial charge < -0.3 is 10.1 Å². The van der Waals surface area contributed by atoms with E-state index in [9.17, 15) is 4.79 Å². The first-order chi connectivity index (χ1) is 15.9. The standard InChI is InChI=1S/C26H32ClN3O2S/c1-4-13-28-25(31)24-15-30(23(16-32-24)14-19-5-9-21(27)10-6-19)22-11-7-20(8-12-22)26-29-17(2)18(3)33-26/h1,5-6,9-10,20,22-24H,7-8,11-16H2,2-3H3,(H,28,31). The summed E-state index contributed by atoms with van der Waals surface area (Å²) in [5, 5.41) is 4.81. The molecule has 2 unspecified atom stereocenters. The average molecular weight is 486 g/mol. The van der Waals surface area contributed by atoms with Gasteiger partial charge in [-0.2, -0.15) is 0 Å². The average Bonchev–Trinajstić information content (AvgIpc) is 3.17. The molecule has 176 valence electrons. The van der Waals surface area contributed by atoms with Gasteiger partial charge in [-0.05, 0) is 63.6 Å². The van der Waals surface area contributed by atoms with Gasteiger partial charge in [0.25, 0.3) is 5.91 Å². The fourth-order valence-electron chi connectivity index (χ4n) is 4.97. The molecule has 1 aromatic heterocycles. The number of thiazole rings is 1. The van der Waals surface area contributed by atoms with E-state index < -0.39 is 6.10 Å². The number of nitrogens with one attached hydrogen (secondary N) is 1. The Kier molecular flexibility index (Phi) is 8.08. The topological polar surface area (TPSA) is 54.5 Å². The SMILES string of the molecule is C#CCNC(=O)C1CN(C2CCC(c3nc(C)c(C)s3)CC2)C(Cc2ccc(Cl)cc2)CO1. The molecule has 33 heavy (non-hydrogen) atoms. The van der Waals surface area contributed by atoms with Crippen LogP contribution in [0.2, 0.25) is 5.02 Å². The van der Waals surface area contributed by atoms with Gasteiger partial charge in [-0.25, -0.2) is 4.98 Å². The second-order valence-electron chi connectivity index (χ2n) is 9.12. The van der Waals surface area contributed by atoms with Crippen LogP contribution < -0.4 is 5.32 Å². The van der Waals surface area contributed by atoms with Crippen molar-refractivity contribution in [2.75, 3.05) is 19.7 Å². The first-order valence-electron chi connectivity index (χ1n) is 11.7. The highest BCUT2D eigenvalue weighted by Gasteiger charge is 2.38. The fraction of sp³-hybridized carbons (Fsp3) is 0.538. The number of rotatable bonds is 6. The van der Waals surface area contributed by atoms with Crippen LogP contribution >= 0.6 is 22.9 Å². The Balaban J connectivity index is 1.45. The highest BCUT2D eigenvalue weighted by Crippen LogP contribution is 2.38. The maximum absolute atomic E-state index is 12.6. The summed E-state index contributed by atoms with van der Waals surface area (Å²) in [4.78, 5) is 21.2. The molecular formula is C26H32ClN3O2S. The van der Waals surface area contributed by atoms with Crippen molar-refractivity contribution in [1.82, 2.24) is 15.2 Å². The number of morpholine rings is 1. The summed E-state index contributed by atoms with van der Waals surface area (Å²) < 4.78 is 6.02. The number of hydrogen-bond acceptors (Lipinski definition) is 5. The molecule has 0 spiro atoms. The highest BCUT2D eigenvalue weighted by molar-refractivity contribution is 7.11. The number of aromatic nitrogens is 1. The van der Waals surface area contributed by atoms with Crippen LogP contribution in [0.25, 0.3) is 0 Å². The first-order valence-corrected chi connectivity index (χ1v) is 12.9. The van der Waals surface area contributed by atoms with Gasteiger partial charge in [0.1, 0.15) is 6.10 Å². The lowest BCUT2D eigenvalue weighted by molar-refractivity contribution is -0.145. The zero-order valence-electron chi connectivity index (χ0n) is 19.4. The van der Waals surface area contributed by atoms with E-state index in [0.717, 1.165) is 42.8 Å². The summed E-state index contributed by atoms with van der Waals surface area (Å²) in [5.41, 5.74) is 2.39. The molecule has 2 atom stereocenters. The normalized spacial score (nSPS) is 26.0. The number of halogens is 1. The van der Waals surface area contributed by atoms with E-state index in [4.69, 9.17) is 27.7 Å². The maximum atomic E-state index is 12.6. The highest BCUT2D eigenvalue weighted by atomic mass is 35.5. The Bertz CT molecular complexity index is 972. The van der Waals surface area contributed by atoms with E-state index in [1.165, 1.54) is 15.4 Å². The van der Waals surface area contributed by atoms with E-state index >= 15 is 0 Å².